The van der Waals surface area contributed by atoms with E-state index in [4.69, 9.17) is 18.9 Å². The van der Waals surface area contributed by atoms with Crippen LogP contribution in [0.25, 0.3) is 0 Å². The smallest absolute Gasteiger partial charge is 0.220 e. The van der Waals surface area contributed by atoms with Crippen LogP contribution in [0.1, 0.15) is 226 Å². The lowest BCUT2D eigenvalue weighted by Crippen LogP contribution is -2.65. The Balaban J connectivity index is 1.61. The van der Waals surface area contributed by atoms with Gasteiger partial charge in [-0.3, -0.25) is 4.79 Å². The van der Waals surface area contributed by atoms with Crippen LogP contribution in [-0.4, -0.2) is 140 Å². The molecule has 0 aromatic rings. The van der Waals surface area contributed by atoms with Crippen LogP contribution in [0.2, 0.25) is 0 Å². The van der Waals surface area contributed by atoms with E-state index >= 15 is 0 Å². The molecule has 2 fully saturated rings. The minimum atomic E-state index is -1.79. The highest BCUT2D eigenvalue weighted by atomic mass is 16.7. The average molecular weight is 1220 g/mol. The van der Waals surface area contributed by atoms with Crippen molar-refractivity contribution in [2.24, 2.45) is 0 Å². The predicted octanol–water partition coefficient (Wildman–Crippen LogP) is 13.5. The second-order valence-electron chi connectivity index (χ2n) is 23.2. The fourth-order valence-corrected chi connectivity index (χ4v) is 10.2. The SMILES string of the molecule is CC/C=C\C/C=C\C/C=C\C/C=C\C/C=C\C/C=C\C/C=C\C/C=C\C/C=C\C/C=C\C/C=C\CCCCCCCCCC(=O)NC(COC1OC(CO)C(OC2OC(CO)C(O)C(O)C2O)C(O)C1O)C(O)CCCCCCCCCCCCCC. The number of rotatable bonds is 53. The summed E-state index contributed by atoms with van der Waals surface area (Å²) in [5, 5.41) is 87.3. The lowest BCUT2D eigenvalue weighted by molar-refractivity contribution is -0.359. The van der Waals surface area contributed by atoms with Crippen molar-refractivity contribution in [2.75, 3.05) is 19.8 Å². The molecule has 2 rings (SSSR count). The Morgan fingerprint density at radius 1 is 0.425 bits per heavy atom. The van der Waals surface area contributed by atoms with Crippen molar-refractivity contribution in [3.8, 4) is 0 Å². The van der Waals surface area contributed by atoms with Crippen molar-refractivity contribution in [1.82, 2.24) is 5.32 Å². The molecule has 496 valence electrons. The first-order valence-electron chi connectivity index (χ1n) is 33.9. The molecule has 0 spiro atoms. The van der Waals surface area contributed by atoms with Gasteiger partial charge in [0.25, 0.3) is 0 Å². The molecule has 14 heteroatoms. The maximum absolute atomic E-state index is 13.3. The van der Waals surface area contributed by atoms with Gasteiger partial charge in [-0.15, -0.1) is 0 Å². The van der Waals surface area contributed by atoms with Crippen LogP contribution in [0.4, 0.5) is 0 Å². The van der Waals surface area contributed by atoms with Crippen LogP contribution in [0.3, 0.4) is 0 Å². The summed E-state index contributed by atoms with van der Waals surface area (Å²) < 4.78 is 22.8. The summed E-state index contributed by atoms with van der Waals surface area (Å²) in [6, 6.07) is -0.843. The second-order valence-corrected chi connectivity index (χ2v) is 23.2. The van der Waals surface area contributed by atoms with E-state index in [0.717, 1.165) is 135 Å². The number of nitrogens with one attached hydrogen (secondary N) is 1. The number of carbonyl (C=O) groups excluding carboxylic acids is 1. The first kappa shape index (κ1) is 79.2. The quantitative estimate of drug-likeness (QED) is 0.0204. The van der Waals surface area contributed by atoms with Gasteiger partial charge >= 0.3 is 0 Å². The normalized spacial score (nSPS) is 24.2. The van der Waals surface area contributed by atoms with Crippen molar-refractivity contribution in [2.45, 2.75) is 299 Å². The molecule has 0 radical (unpaired) electrons. The third-order valence-corrected chi connectivity index (χ3v) is 15.6. The lowest BCUT2D eigenvalue weighted by atomic mass is 9.97. The van der Waals surface area contributed by atoms with Gasteiger partial charge in [0.1, 0.15) is 48.8 Å². The van der Waals surface area contributed by atoms with E-state index in [0.29, 0.717) is 12.8 Å². The van der Waals surface area contributed by atoms with Gasteiger partial charge in [0.05, 0.1) is 32.0 Å². The van der Waals surface area contributed by atoms with Crippen LogP contribution >= 0.6 is 0 Å². The summed E-state index contributed by atoms with van der Waals surface area (Å²) >= 11 is 0. The molecule has 0 aromatic heterocycles. The zero-order chi connectivity index (χ0) is 63.1. The van der Waals surface area contributed by atoms with E-state index in [9.17, 15) is 45.6 Å². The molecule has 2 saturated heterocycles. The van der Waals surface area contributed by atoms with Gasteiger partial charge in [0.2, 0.25) is 5.91 Å². The first-order valence-corrected chi connectivity index (χ1v) is 33.9. The summed E-state index contributed by atoms with van der Waals surface area (Å²) in [5.41, 5.74) is 0. The number of ether oxygens (including phenoxy) is 4. The monoisotopic (exact) mass is 1220 g/mol. The highest BCUT2D eigenvalue weighted by Crippen LogP contribution is 2.30. The van der Waals surface area contributed by atoms with E-state index in [1.54, 1.807) is 0 Å². The third kappa shape index (κ3) is 40.5. The highest BCUT2D eigenvalue weighted by molar-refractivity contribution is 5.76. The number of amides is 1. The van der Waals surface area contributed by atoms with Crippen molar-refractivity contribution in [3.05, 3.63) is 134 Å². The Morgan fingerprint density at radius 2 is 0.793 bits per heavy atom. The van der Waals surface area contributed by atoms with Crippen LogP contribution in [0.5, 0.6) is 0 Å². The molecular weight excluding hydrogens is 1100 g/mol. The summed E-state index contributed by atoms with van der Waals surface area (Å²) in [6.45, 7) is 2.71. The molecule has 9 N–H and O–H groups in total. The van der Waals surface area contributed by atoms with Gasteiger partial charge in [-0.1, -0.05) is 257 Å². The molecule has 12 atom stereocenters. The van der Waals surface area contributed by atoms with E-state index in [-0.39, 0.29) is 18.9 Å². The predicted molar refractivity (Wildman–Crippen MR) is 355 cm³/mol. The number of aliphatic hydroxyl groups excluding tert-OH is 8. The number of carbonyl (C=O) groups is 1. The molecule has 14 nitrogen and oxygen atoms in total. The highest BCUT2D eigenvalue weighted by Gasteiger charge is 2.51. The van der Waals surface area contributed by atoms with Crippen LogP contribution < -0.4 is 5.32 Å². The number of unbranched alkanes of at least 4 members (excludes halogenated alkanes) is 18. The molecule has 0 aromatic carbocycles. The van der Waals surface area contributed by atoms with Gasteiger partial charge < -0.3 is 65.1 Å². The summed E-state index contributed by atoms with van der Waals surface area (Å²) in [5.74, 6) is -0.224. The molecule has 0 bridgehead atoms. The van der Waals surface area contributed by atoms with Crippen molar-refractivity contribution < 1.29 is 64.6 Å². The molecule has 1 amide bonds. The topological polar surface area (TPSA) is 228 Å². The largest absolute Gasteiger partial charge is 0.394 e. The van der Waals surface area contributed by atoms with Gasteiger partial charge in [-0.25, -0.2) is 0 Å². The molecule has 0 saturated carbocycles. The molecule has 2 aliphatic rings. The number of hydrogen-bond donors (Lipinski definition) is 9. The summed E-state index contributed by atoms with van der Waals surface area (Å²) in [4.78, 5) is 13.3. The Bertz CT molecular complexity index is 1970. The van der Waals surface area contributed by atoms with E-state index in [1.165, 1.54) is 57.8 Å². The van der Waals surface area contributed by atoms with Gasteiger partial charge in [0, 0.05) is 6.42 Å². The van der Waals surface area contributed by atoms with Crippen molar-refractivity contribution >= 4 is 5.91 Å². The van der Waals surface area contributed by atoms with E-state index < -0.39 is 86.8 Å². The third-order valence-electron chi connectivity index (χ3n) is 15.6. The Labute approximate surface area is 526 Å². The summed E-state index contributed by atoms with van der Waals surface area (Å²) in [6.07, 6.45) is 66.1. The van der Waals surface area contributed by atoms with Crippen molar-refractivity contribution in [1.29, 1.82) is 0 Å². The summed E-state index contributed by atoms with van der Waals surface area (Å²) in [7, 11) is 0. The van der Waals surface area contributed by atoms with Crippen molar-refractivity contribution in [3.63, 3.8) is 0 Å². The second kappa shape index (κ2) is 56.1. The molecule has 0 aliphatic carbocycles. The Hall–Kier alpha value is -3.87. The molecule has 2 aliphatic heterocycles. The van der Waals surface area contributed by atoms with Gasteiger partial charge in [0.15, 0.2) is 12.6 Å². The van der Waals surface area contributed by atoms with E-state index in [1.807, 2.05) is 0 Å². The van der Waals surface area contributed by atoms with Gasteiger partial charge in [-0.05, 0) is 96.3 Å². The molecule has 2 heterocycles. The molecule has 87 heavy (non-hydrogen) atoms. The maximum Gasteiger partial charge on any atom is 0.220 e. The molecule has 12 unspecified atom stereocenters. The minimum absolute atomic E-state index is 0.224. The maximum atomic E-state index is 13.3. The Morgan fingerprint density at radius 3 is 1.22 bits per heavy atom. The zero-order valence-electron chi connectivity index (χ0n) is 53.7. The van der Waals surface area contributed by atoms with Crippen LogP contribution in [0.15, 0.2) is 134 Å². The Kier molecular flexibility index (Phi) is 51.1. The molecular formula is C73H121NO13. The minimum Gasteiger partial charge on any atom is -0.394 e. The average Bonchev–Trinajstić information content (AvgIpc) is 2.31. The first-order chi connectivity index (χ1) is 42.6. The fraction of sp³-hybridized carbons (Fsp3) is 0.685. The number of hydrogen-bond acceptors (Lipinski definition) is 13. The number of aliphatic hydroxyl groups is 8. The van der Waals surface area contributed by atoms with Gasteiger partial charge in [-0.2, -0.15) is 0 Å². The zero-order valence-corrected chi connectivity index (χ0v) is 53.7. The van der Waals surface area contributed by atoms with E-state index in [2.05, 4.69) is 153 Å². The fourth-order valence-electron chi connectivity index (χ4n) is 10.2. The lowest BCUT2D eigenvalue weighted by Gasteiger charge is -2.46. The van der Waals surface area contributed by atoms with Crippen LogP contribution in [0, 0.1) is 0 Å². The van der Waals surface area contributed by atoms with Crippen LogP contribution in [-0.2, 0) is 23.7 Å². The number of allylic oxidation sites excluding steroid dienone is 22. The standard InChI is InChI=1S/C73H121NO13/c1-3-5-7-9-11-13-15-17-18-19-20-21-22-23-24-25-26-27-28-29-30-31-32-33-34-35-36-37-38-39-40-41-42-43-44-45-47-49-51-53-55-57-65(78)74-61(62(77)56-54-52-50-48-46-16-14-12-10-8-6-4-2)60-84-72-70(83)68(81)71(64(59-76)86-72)87-73-69(82)67(80)66(79)63(58-75)85-73/h5,7,11,13,17-18,20-21,23-24,26-27,29-30,32-33,35-36,38-39,41-42,61-64,66-73,75-77,79-83H,3-4,6,8-10,12,14-16,19,22,25,28,31,34,37,40,43-60H2,1-2H3,(H,74,78)/b7-5-,13-11-,18-17-,21-20-,24-23-,27-26-,30-29-,33-32-,36-35-,39-38-,42-41-.